The third-order valence-corrected chi connectivity index (χ3v) is 3.02. The zero-order chi connectivity index (χ0) is 14.0. The van der Waals surface area contributed by atoms with E-state index in [4.69, 9.17) is 0 Å². The molecule has 1 fully saturated rings. The van der Waals surface area contributed by atoms with Crippen molar-refractivity contribution in [1.82, 2.24) is 9.80 Å². The lowest BCUT2D eigenvalue weighted by atomic mass is 10.0. The third kappa shape index (κ3) is 2.59. The summed E-state index contributed by atoms with van der Waals surface area (Å²) >= 11 is 0. The Morgan fingerprint density at radius 1 is 1.37 bits per heavy atom. The molecular weight excluding hydrogens is 244 g/mol. The van der Waals surface area contributed by atoms with Gasteiger partial charge in [-0.15, -0.1) is 0 Å². The Balaban J connectivity index is 2.38. The van der Waals surface area contributed by atoms with Gasteiger partial charge in [0.2, 0.25) is 0 Å². The number of carboxylic acid groups (broad SMARTS) is 1. The first-order chi connectivity index (χ1) is 9.00. The number of carbonyl (C=O) groups is 2. The number of hydrogen-bond donors (Lipinski definition) is 1. The predicted octanol–water partition coefficient (Wildman–Crippen LogP) is 2.08. The number of amides is 2. The van der Waals surface area contributed by atoms with Crippen LogP contribution in [0.15, 0.2) is 42.1 Å². The van der Waals surface area contributed by atoms with Crippen molar-refractivity contribution < 1.29 is 14.7 Å². The minimum Gasteiger partial charge on any atom is -0.465 e. The summed E-state index contributed by atoms with van der Waals surface area (Å²) < 4.78 is 0. The van der Waals surface area contributed by atoms with Gasteiger partial charge in [-0.25, -0.2) is 9.69 Å². The summed E-state index contributed by atoms with van der Waals surface area (Å²) in [6, 6.07) is 8.79. The number of likely N-dealkylation sites (tertiary alicyclic amines) is 1. The smallest absolute Gasteiger partial charge is 0.414 e. The quantitative estimate of drug-likeness (QED) is 0.827. The Labute approximate surface area is 111 Å². The van der Waals surface area contributed by atoms with E-state index in [1.54, 1.807) is 25.2 Å². The van der Waals surface area contributed by atoms with E-state index in [0.717, 1.165) is 10.5 Å². The summed E-state index contributed by atoms with van der Waals surface area (Å²) in [7, 11) is 3.61. The first kappa shape index (κ1) is 13.1. The third-order valence-electron chi connectivity index (χ3n) is 3.02. The van der Waals surface area contributed by atoms with Gasteiger partial charge in [0.05, 0.1) is 6.04 Å². The first-order valence-corrected chi connectivity index (χ1v) is 5.99. The topological polar surface area (TPSA) is 60.9 Å². The highest BCUT2D eigenvalue weighted by atomic mass is 16.4. The fourth-order valence-corrected chi connectivity index (χ4v) is 2.27. The summed E-state index contributed by atoms with van der Waals surface area (Å²) in [6.07, 6.45) is 0.884. The van der Waals surface area contributed by atoms with Crippen molar-refractivity contribution in [3.8, 4) is 0 Å². The van der Waals surface area contributed by atoms with Crippen LogP contribution in [0.3, 0.4) is 0 Å². The zero-order valence-corrected chi connectivity index (χ0v) is 10.9. The highest BCUT2D eigenvalue weighted by molar-refractivity contribution is 6.04. The normalized spacial score (nSPS) is 20.9. The van der Waals surface area contributed by atoms with E-state index in [0.29, 0.717) is 12.0 Å². The minimum absolute atomic E-state index is 0.410. The van der Waals surface area contributed by atoms with Gasteiger partial charge in [0.15, 0.2) is 0 Å². The van der Waals surface area contributed by atoms with Crippen LogP contribution in [0, 0.1) is 0 Å². The van der Waals surface area contributed by atoms with E-state index in [1.807, 2.05) is 30.3 Å². The molecule has 2 rings (SSSR count). The lowest BCUT2D eigenvalue weighted by Crippen LogP contribution is -2.33. The van der Waals surface area contributed by atoms with E-state index in [1.165, 1.54) is 0 Å². The Hall–Kier alpha value is -2.30. The van der Waals surface area contributed by atoms with Crippen LogP contribution in [-0.2, 0) is 4.79 Å². The predicted molar refractivity (Wildman–Crippen MR) is 70.4 cm³/mol. The van der Waals surface area contributed by atoms with Crippen molar-refractivity contribution in [3.63, 3.8) is 0 Å². The lowest BCUT2D eigenvalue weighted by molar-refractivity contribution is -0.124. The van der Waals surface area contributed by atoms with Gasteiger partial charge in [0, 0.05) is 32.3 Å². The van der Waals surface area contributed by atoms with Gasteiger partial charge in [-0.1, -0.05) is 30.3 Å². The molecule has 5 heteroatoms. The van der Waals surface area contributed by atoms with Crippen LogP contribution in [0.2, 0.25) is 0 Å². The molecule has 1 atom stereocenters. The maximum atomic E-state index is 12.1. The molecule has 0 aromatic heterocycles. The molecule has 1 heterocycles. The zero-order valence-electron chi connectivity index (χ0n) is 10.9. The SMILES string of the molecule is CN(C)C=C1CC(c2ccccc2)N(C(=O)O)C1=O. The van der Waals surface area contributed by atoms with Crippen LogP contribution in [0.4, 0.5) is 4.79 Å². The van der Waals surface area contributed by atoms with Crippen LogP contribution in [0.25, 0.3) is 0 Å². The van der Waals surface area contributed by atoms with Gasteiger partial charge in [-0.05, 0) is 5.56 Å². The number of benzene rings is 1. The summed E-state index contributed by atoms with van der Waals surface area (Å²) in [6.45, 7) is 0. The van der Waals surface area contributed by atoms with Gasteiger partial charge in [0.1, 0.15) is 0 Å². The number of carbonyl (C=O) groups excluding carboxylic acids is 1. The molecule has 0 bridgehead atoms. The Kier molecular flexibility index (Phi) is 3.55. The molecule has 0 saturated carbocycles. The van der Waals surface area contributed by atoms with Gasteiger partial charge >= 0.3 is 6.09 Å². The van der Waals surface area contributed by atoms with Crippen LogP contribution >= 0.6 is 0 Å². The van der Waals surface area contributed by atoms with Gasteiger partial charge in [0.25, 0.3) is 5.91 Å². The molecule has 5 nitrogen and oxygen atoms in total. The molecule has 1 aliphatic rings. The first-order valence-electron chi connectivity index (χ1n) is 5.99. The number of nitrogens with zero attached hydrogens (tertiary/aromatic N) is 2. The van der Waals surface area contributed by atoms with E-state index in [-0.39, 0.29) is 0 Å². The van der Waals surface area contributed by atoms with Gasteiger partial charge < -0.3 is 10.0 Å². The maximum absolute atomic E-state index is 12.1. The largest absolute Gasteiger partial charge is 0.465 e. The second-order valence-corrected chi connectivity index (χ2v) is 4.71. The average molecular weight is 260 g/mol. The molecule has 0 spiro atoms. The summed E-state index contributed by atoms with van der Waals surface area (Å²) in [5.74, 6) is -0.435. The fraction of sp³-hybridized carbons (Fsp3) is 0.286. The van der Waals surface area contributed by atoms with Crippen molar-refractivity contribution in [2.75, 3.05) is 14.1 Å². The lowest BCUT2D eigenvalue weighted by Gasteiger charge is -2.19. The van der Waals surface area contributed by atoms with Crippen molar-refractivity contribution in [3.05, 3.63) is 47.7 Å². The Morgan fingerprint density at radius 3 is 2.53 bits per heavy atom. The molecule has 2 amide bonds. The van der Waals surface area contributed by atoms with E-state index in [2.05, 4.69) is 0 Å². The minimum atomic E-state index is -1.21. The fourth-order valence-electron chi connectivity index (χ4n) is 2.27. The van der Waals surface area contributed by atoms with Crippen molar-refractivity contribution in [2.45, 2.75) is 12.5 Å². The molecule has 1 aliphatic heterocycles. The molecule has 1 saturated heterocycles. The van der Waals surface area contributed by atoms with Crippen LogP contribution in [0.1, 0.15) is 18.0 Å². The van der Waals surface area contributed by atoms with E-state index >= 15 is 0 Å². The van der Waals surface area contributed by atoms with Crippen LogP contribution in [-0.4, -0.2) is 41.0 Å². The van der Waals surface area contributed by atoms with Crippen LogP contribution in [0.5, 0.6) is 0 Å². The second kappa shape index (κ2) is 5.14. The number of hydrogen-bond acceptors (Lipinski definition) is 3. The molecule has 1 unspecified atom stereocenters. The highest BCUT2D eigenvalue weighted by Crippen LogP contribution is 2.36. The molecule has 1 N–H and O–H groups in total. The maximum Gasteiger partial charge on any atom is 0.414 e. The van der Waals surface area contributed by atoms with E-state index in [9.17, 15) is 14.7 Å². The molecule has 0 aliphatic carbocycles. The molecule has 1 aromatic rings. The molecule has 19 heavy (non-hydrogen) atoms. The Bertz CT molecular complexity index is 523. The summed E-state index contributed by atoms with van der Waals surface area (Å²) in [4.78, 5) is 26.1. The van der Waals surface area contributed by atoms with Crippen molar-refractivity contribution in [1.29, 1.82) is 0 Å². The van der Waals surface area contributed by atoms with Crippen LogP contribution < -0.4 is 0 Å². The summed E-state index contributed by atoms with van der Waals surface area (Å²) in [5.41, 5.74) is 1.35. The molecule has 1 aromatic carbocycles. The highest BCUT2D eigenvalue weighted by Gasteiger charge is 2.40. The molecule has 100 valence electrons. The van der Waals surface area contributed by atoms with E-state index < -0.39 is 18.0 Å². The number of imide groups is 1. The van der Waals surface area contributed by atoms with Gasteiger partial charge in [-0.3, -0.25) is 4.79 Å². The Morgan fingerprint density at radius 2 is 2.00 bits per heavy atom. The molecular formula is C14H16N2O3. The second-order valence-electron chi connectivity index (χ2n) is 4.71. The van der Waals surface area contributed by atoms with Gasteiger partial charge in [-0.2, -0.15) is 0 Å². The monoisotopic (exact) mass is 260 g/mol. The van der Waals surface area contributed by atoms with Crippen molar-refractivity contribution >= 4 is 12.0 Å². The van der Waals surface area contributed by atoms with Crippen molar-refractivity contribution in [2.24, 2.45) is 0 Å². The standard InChI is InChI=1S/C14H16N2O3/c1-15(2)9-11-8-12(10-6-4-3-5-7-10)16(13(11)17)14(18)19/h3-7,9,12H,8H2,1-2H3,(H,18,19). The molecule has 0 radical (unpaired) electrons. The number of rotatable bonds is 2. The average Bonchev–Trinajstić information content (AvgIpc) is 2.67. The summed E-state index contributed by atoms with van der Waals surface area (Å²) in [5, 5.41) is 9.23.